The van der Waals surface area contributed by atoms with Gasteiger partial charge in [0.05, 0.1) is 6.54 Å². The molecule has 0 fully saturated rings. The number of benzene rings is 2. The lowest BCUT2D eigenvalue weighted by atomic mass is 10.1. The van der Waals surface area contributed by atoms with Crippen molar-refractivity contribution in [2.75, 3.05) is 12.3 Å². The average Bonchev–Trinajstić information content (AvgIpc) is 2.48. The highest BCUT2D eigenvalue weighted by atomic mass is 35.5. The van der Waals surface area contributed by atoms with Crippen LogP contribution in [0.5, 0.6) is 0 Å². The number of amides is 1. The number of anilines is 1. The van der Waals surface area contributed by atoms with Crippen LogP contribution >= 0.6 is 24.8 Å². The molecule has 4 N–H and O–H groups in total. The highest BCUT2D eigenvalue weighted by molar-refractivity contribution is 5.85. The van der Waals surface area contributed by atoms with E-state index in [-0.39, 0.29) is 36.8 Å². The molecule has 0 aliphatic carbocycles. The lowest BCUT2D eigenvalue weighted by molar-refractivity contribution is -0.120. The van der Waals surface area contributed by atoms with E-state index in [2.05, 4.69) is 10.6 Å². The molecular weight excluding hydrogens is 345 g/mol. The van der Waals surface area contributed by atoms with Crippen LogP contribution in [0.25, 0.3) is 0 Å². The molecule has 0 radical (unpaired) electrons. The first-order valence-corrected chi connectivity index (χ1v) is 7.52. The summed E-state index contributed by atoms with van der Waals surface area (Å²) in [4.78, 5) is 11.9. The lowest BCUT2D eigenvalue weighted by Gasteiger charge is -2.14. The number of nitrogen functional groups attached to an aromatic ring is 1. The molecule has 0 aliphatic rings. The van der Waals surface area contributed by atoms with Gasteiger partial charge in [-0.15, -0.1) is 24.8 Å². The maximum Gasteiger partial charge on any atom is 0.234 e. The normalized spacial score (nSPS) is 10.9. The van der Waals surface area contributed by atoms with E-state index in [0.29, 0.717) is 13.1 Å². The first-order valence-electron chi connectivity index (χ1n) is 7.52. The van der Waals surface area contributed by atoms with Crippen LogP contribution in [0.15, 0.2) is 54.6 Å². The van der Waals surface area contributed by atoms with E-state index in [1.807, 2.05) is 61.5 Å². The Labute approximate surface area is 156 Å². The van der Waals surface area contributed by atoms with Crippen molar-refractivity contribution in [3.05, 3.63) is 65.7 Å². The summed E-state index contributed by atoms with van der Waals surface area (Å²) in [5.41, 5.74) is 8.81. The number of hydrogen-bond acceptors (Lipinski definition) is 3. The number of carbonyl (C=O) groups is 1. The number of nitrogens with one attached hydrogen (secondary N) is 2. The summed E-state index contributed by atoms with van der Waals surface area (Å²) in [7, 11) is 0. The van der Waals surface area contributed by atoms with Gasteiger partial charge in [-0.3, -0.25) is 4.79 Å². The monoisotopic (exact) mass is 369 g/mol. The first kappa shape index (κ1) is 22.2. The van der Waals surface area contributed by atoms with Gasteiger partial charge in [0.1, 0.15) is 0 Å². The van der Waals surface area contributed by atoms with Crippen LogP contribution in [0.1, 0.15) is 18.1 Å². The van der Waals surface area contributed by atoms with Gasteiger partial charge < -0.3 is 16.4 Å². The largest absolute Gasteiger partial charge is 0.399 e. The maximum atomic E-state index is 11.9. The molecule has 2 rings (SSSR count). The molecule has 0 aromatic heterocycles. The topological polar surface area (TPSA) is 67.1 Å². The fraction of sp³-hybridized carbons (Fsp3) is 0.278. The molecule has 1 unspecified atom stereocenters. The van der Waals surface area contributed by atoms with Crippen LogP contribution in [0.3, 0.4) is 0 Å². The quantitative estimate of drug-likeness (QED) is 0.657. The molecule has 0 bridgehead atoms. The van der Waals surface area contributed by atoms with E-state index >= 15 is 0 Å². The molecule has 6 heteroatoms. The molecule has 24 heavy (non-hydrogen) atoms. The summed E-state index contributed by atoms with van der Waals surface area (Å²) < 4.78 is 0. The standard InChI is InChI=1S/C18H23N3O.2ClH/c1-14(10-16-8-5-9-17(19)11-16)21-18(22)13-20-12-15-6-3-2-4-7-15;;/h2-9,11,14,20H,10,12-13,19H2,1H3,(H,21,22);2*1H. The van der Waals surface area contributed by atoms with E-state index in [4.69, 9.17) is 5.73 Å². The van der Waals surface area contributed by atoms with Crippen molar-refractivity contribution in [3.8, 4) is 0 Å². The minimum absolute atomic E-state index is 0. The lowest BCUT2D eigenvalue weighted by Crippen LogP contribution is -2.39. The fourth-order valence-corrected chi connectivity index (χ4v) is 2.37. The molecule has 132 valence electrons. The first-order chi connectivity index (χ1) is 10.6. The second-order valence-corrected chi connectivity index (χ2v) is 5.51. The van der Waals surface area contributed by atoms with Gasteiger partial charge in [-0.2, -0.15) is 0 Å². The number of hydrogen-bond donors (Lipinski definition) is 3. The van der Waals surface area contributed by atoms with Crippen molar-refractivity contribution >= 4 is 36.4 Å². The minimum atomic E-state index is 0. The van der Waals surface area contributed by atoms with Gasteiger partial charge in [-0.05, 0) is 36.6 Å². The zero-order valence-corrected chi connectivity index (χ0v) is 15.3. The van der Waals surface area contributed by atoms with Gasteiger partial charge in [0.2, 0.25) is 5.91 Å². The number of halogens is 2. The van der Waals surface area contributed by atoms with Crippen LogP contribution in [-0.2, 0) is 17.8 Å². The van der Waals surface area contributed by atoms with Gasteiger partial charge >= 0.3 is 0 Å². The fourth-order valence-electron chi connectivity index (χ4n) is 2.37. The molecule has 2 aromatic carbocycles. The molecule has 0 saturated carbocycles. The predicted molar refractivity (Wildman–Crippen MR) is 105 cm³/mol. The highest BCUT2D eigenvalue weighted by Crippen LogP contribution is 2.08. The molecule has 0 aliphatic heterocycles. The number of nitrogens with two attached hydrogens (primary N) is 1. The van der Waals surface area contributed by atoms with Crippen molar-refractivity contribution in [2.45, 2.75) is 25.9 Å². The van der Waals surface area contributed by atoms with E-state index in [0.717, 1.165) is 17.7 Å². The van der Waals surface area contributed by atoms with Crippen LogP contribution in [0.4, 0.5) is 5.69 Å². The van der Waals surface area contributed by atoms with Gasteiger partial charge in [0.25, 0.3) is 0 Å². The van der Waals surface area contributed by atoms with Gasteiger partial charge in [0, 0.05) is 18.3 Å². The summed E-state index contributed by atoms with van der Waals surface area (Å²) in [5, 5.41) is 6.14. The van der Waals surface area contributed by atoms with Gasteiger partial charge in [0.15, 0.2) is 0 Å². The summed E-state index contributed by atoms with van der Waals surface area (Å²) >= 11 is 0. The van der Waals surface area contributed by atoms with Crippen molar-refractivity contribution < 1.29 is 4.79 Å². The van der Waals surface area contributed by atoms with Crippen LogP contribution in [0.2, 0.25) is 0 Å². The Bertz CT molecular complexity index is 608. The zero-order chi connectivity index (χ0) is 15.8. The molecule has 0 saturated heterocycles. The third-order valence-corrected chi connectivity index (χ3v) is 3.36. The second kappa shape index (κ2) is 11.7. The van der Waals surface area contributed by atoms with E-state index < -0.39 is 0 Å². The van der Waals surface area contributed by atoms with Crippen LogP contribution in [0, 0.1) is 0 Å². The molecular formula is C18H25Cl2N3O. The highest BCUT2D eigenvalue weighted by Gasteiger charge is 2.08. The van der Waals surface area contributed by atoms with Crippen molar-refractivity contribution in [2.24, 2.45) is 0 Å². The summed E-state index contributed by atoms with van der Waals surface area (Å²) in [6.45, 7) is 3.01. The van der Waals surface area contributed by atoms with E-state index in [9.17, 15) is 4.79 Å². The molecule has 0 spiro atoms. The maximum absolute atomic E-state index is 11.9. The smallest absolute Gasteiger partial charge is 0.234 e. The van der Waals surface area contributed by atoms with Gasteiger partial charge in [-0.25, -0.2) is 0 Å². The molecule has 2 aromatic rings. The Balaban J connectivity index is 0.00000264. The molecule has 1 amide bonds. The summed E-state index contributed by atoms with van der Waals surface area (Å²) in [5.74, 6) is 0.00679. The average molecular weight is 370 g/mol. The Morgan fingerprint density at radius 3 is 2.38 bits per heavy atom. The number of carbonyl (C=O) groups excluding carboxylic acids is 1. The van der Waals surface area contributed by atoms with E-state index in [1.54, 1.807) is 0 Å². The van der Waals surface area contributed by atoms with Crippen LogP contribution < -0.4 is 16.4 Å². The Kier molecular flexibility index (Phi) is 10.9. The second-order valence-electron chi connectivity index (χ2n) is 5.51. The third-order valence-electron chi connectivity index (χ3n) is 3.36. The number of rotatable bonds is 7. The van der Waals surface area contributed by atoms with Crippen molar-refractivity contribution in [3.63, 3.8) is 0 Å². The van der Waals surface area contributed by atoms with E-state index in [1.165, 1.54) is 5.56 Å². The Morgan fingerprint density at radius 2 is 1.71 bits per heavy atom. The Hall–Kier alpha value is -1.75. The molecule has 0 heterocycles. The molecule has 1 atom stereocenters. The summed E-state index contributed by atoms with van der Waals surface area (Å²) in [6, 6.07) is 17.9. The predicted octanol–water partition coefficient (Wildman–Crippen LogP) is 2.95. The molecule has 4 nitrogen and oxygen atoms in total. The minimum Gasteiger partial charge on any atom is -0.399 e. The van der Waals surface area contributed by atoms with Crippen molar-refractivity contribution in [1.82, 2.24) is 10.6 Å². The Morgan fingerprint density at radius 1 is 1.04 bits per heavy atom. The van der Waals surface area contributed by atoms with Gasteiger partial charge in [-0.1, -0.05) is 42.5 Å². The zero-order valence-electron chi connectivity index (χ0n) is 13.7. The van der Waals surface area contributed by atoms with Crippen LogP contribution in [-0.4, -0.2) is 18.5 Å². The third kappa shape index (κ3) is 8.20. The van der Waals surface area contributed by atoms with Crippen molar-refractivity contribution in [1.29, 1.82) is 0 Å². The summed E-state index contributed by atoms with van der Waals surface area (Å²) in [6.07, 6.45) is 0.773. The SMILES string of the molecule is CC(Cc1cccc(N)c1)NC(=O)CNCc1ccccc1.Cl.Cl.